The number of rotatable bonds is 12. The molecule has 32 heavy (non-hydrogen) atoms. The molecule has 1 saturated heterocycles. The van der Waals surface area contributed by atoms with Crippen LogP contribution in [0.15, 0.2) is 37.0 Å². The van der Waals surface area contributed by atoms with Crippen LogP contribution < -0.4 is 15.9 Å². The van der Waals surface area contributed by atoms with Crippen molar-refractivity contribution in [3.8, 4) is 0 Å². The zero-order chi connectivity index (χ0) is 23.5. The van der Waals surface area contributed by atoms with Gasteiger partial charge in [0, 0.05) is 37.9 Å². The molecule has 7 nitrogen and oxygen atoms in total. The highest BCUT2D eigenvalue weighted by Crippen LogP contribution is 2.09. The molecular formula is C24H38N6OS. The van der Waals surface area contributed by atoms with E-state index >= 15 is 0 Å². The van der Waals surface area contributed by atoms with Crippen molar-refractivity contribution < 1.29 is 4.21 Å². The zero-order valence-corrected chi connectivity index (χ0v) is 20.7. The van der Waals surface area contributed by atoms with Crippen LogP contribution in [0.4, 0.5) is 5.82 Å². The van der Waals surface area contributed by atoms with Crippen LogP contribution in [0.2, 0.25) is 0 Å². The Morgan fingerprint density at radius 2 is 1.94 bits per heavy atom. The molecule has 1 fully saturated rings. The van der Waals surface area contributed by atoms with Crippen molar-refractivity contribution in [1.82, 2.24) is 24.1 Å². The summed E-state index contributed by atoms with van der Waals surface area (Å²) in [6.45, 7) is 19.4. The van der Waals surface area contributed by atoms with E-state index in [9.17, 15) is 4.21 Å². The summed E-state index contributed by atoms with van der Waals surface area (Å²) in [7, 11) is 3.16. The monoisotopic (exact) mass is 458 g/mol. The Labute approximate surface area is 195 Å². The van der Waals surface area contributed by atoms with E-state index in [0.717, 1.165) is 68.1 Å². The summed E-state index contributed by atoms with van der Waals surface area (Å²) >= 11 is 0. The normalized spacial score (nSPS) is 17.2. The van der Waals surface area contributed by atoms with E-state index in [0.29, 0.717) is 17.6 Å². The number of hydrogen-bond acceptors (Lipinski definition) is 6. The van der Waals surface area contributed by atoms with Crippen molar-refractivity contribution in [2.45, 2.75) is 19.9 Å². The zero-order valence-electron chi connectivity index (χ0n) is 19.8. The van der Waals surface area contributed by atoms with Crippen molar-refractivity contribution in [1.29, 1.82) is 0 Å². The van der Waals surface area contributed by atoms with Crippen molar-refractivity contribution in [3.63, 3.8) is 0 Å². The molecule has 1 aliphatic heterocycles. The first-order valence-electron chi connectivity index (χ1n) is 11.0. The Balaban J connectivity index is 2.10. The van der Waals surface area contributed by atoms with E-state index in [-0.39, 0.29) is 0 Å². The maximum absolute atomic E-state index is 12.4. The number of piperazine rings is 1. The molecular weight excluding hydrogens is 420 g/mol. The van der Waals surface area contributed by atoms with Gasteiger partial charge in [-0.15, -0.1) is 0 Å². The van der Waals surface area contributed by atoms with Gasteiger partial charge in [0.1, 0.15) is 11.6 Å². The van der Waals surface area contributed by atoms with Gasteiger partial charge in [-0.25, -0.2) is 18.5 Å². The van der Waals surface area contributed by atoms with Crippen LogP contribution in [0.3, 0.4) is 0 Å². The van der Waals surface area contributed by atoms with Crippen molar-refractivity contribution >= 4 is 29.5 Å². The van der Waals surface area contributed by atoms with Gasteiger partial charge in [0.25, 0.3) is 0 Å². The highest BCUT2D eigenvalue weighted by atomic mass is 32.2. The Morgan fingerprint density at radius 3 is 2.56 bits per heavy atom. The molecule has 0 amide bonds. The van der Waals surface area contributed by atoms with E-state index in [4.69, 9.17) is 4.98 Å². The summed E-state index contributed by atoms with van der Waals surface area (Å²) in [5.74, 6) is 2.11. The summed E-state index contributed by atoms with van der Waals surface area (Å²) in [6, 6.07) is 0. The van der Waals surface area contributed by atoms with E-state index in [1.807, 2.05) is 29.5 Å². The molecule has 1 N–H and O–H groups in total. The number of anilines is 1. The molecule has 1 atom stereocenters. The van der Waals surface area contributed by atoms with Crippen LogP contribution in [-0.2, 0) is 17.5 Å². The highest BCUT2D eigenvalue weighted by molar-refractivity contribution is 7.82. The molecule has 2 rings (SSSR count). The van der Waals surface area contributed by atoms with Crippen molar-refractivity contribution in [2.24, 2.45) is 0 Å². The second kappa shape index (κ2) is 13.4. The van der Waals surface area contributed by atoms with E-state index in [1.165, 1.54) is 0 Å². The molecule has 2 heterocycles. The molecule has 0 saturated carbocycles. The fourth-order valence-electron chi connectivity index (χ4n) is 3.37. The number of nitrogens with zero attached hydrogens (tertiary/aromatic N) is 5. The molecule has 0 bridgehead atoms. The third-order valence-corrected chi connectivity index (χ3v) is 6.69. The standard InChI is InChI=1S/C24H38N6OS/c1-7-8-9-11-22-21(4)26-23(27-24(22)25-12-10-13-28(5)6)18-29-14-16-30(17-15-29)32(31)19-20(2)3/h7-9,11H,1-2,4,10,12-19H2,3,5-6H3,(H,25,26,27)/b9-8-,22-11+. The summed E-state index contributed by atoms with van der Waals surface area (Å²) in [6.07, 6.45) is 8.53. The van der Waals surface area contributed by atoms with Crippen LogP contribution in [-0.4, -0.2) is 87.4 Å². The van der Waals surface area contributed by atoms with Crippen molar-refractivity contribution in [2.75, 3.05) is 64.4 Å². The van der Waals surface area contributed by atoms with E-state index < -0.39 is 11.0 Å². The number of aromatic nitrogens is 2. The SMILES string of the molecule is C=C/C=C\C=c1\c(NCCCN(C)C)nc(CN2CCN(S(=O)CC(=C)C)CC2)nc1=C. The first-order valence-corrected chi connectivity index (χ1v) is 12.3. The van der Waals surface area contributed by atoms with Gasteiger partial charge in [-0.3, -0.25) is 4.90 Å². The van der Waals surface area contributed by atoms with Crippen LogP contribution in [0.1, 0.15) is 19.2 Å². The number of hydrogen-bond donors (Lipinski definition) is 1. The van der Waals surface area contributed by atoms with Gasteiger partial charge in [0.15, 0.2) is 0 Å². The summed E-state index contributed by atoms with van der Waals surface area (Å²) in [5, 5.41) is 5.08. The predicted molar refractivity (Wildman–Crippen MR) is 137 cm³/mol. The number of allylic oxidation sites excluding steroid dienone is 3. The van der Waals surface area contributed by atoms with Crippen LogP contribution in [0, 0.1) is 0 Å². The van der Waals surface area contributed by atoms with Gasteiger partial charge in [-0.2, -0.15) is 0 Å². The minimum Gasteiger partial charge on any atom is -0.369 e. The topological polar surface area (TPSA) is 64.6 Å². The largest absolute Gasteiger partial charge is 0.369 e. The summed E-state index contributed by atoms with van der Waals surface area (Å²) in [5.41, 5.74) is 0.951. The fraction of sp³-hybridized carbons (Fsp3) is 0.500. The Kier molecular flexibility index (Phi) is 11.0. The lowest BCUT2D eigenvalue weighted by atomic mass is 10.3. The number of nitrogens with one attached hydrogen (secondary N) is 1. The van der Waals surface area contributed by atoms with Gasteiger partial charge in [0.2, 0.25) is 0 Å². The average Bonchev–Trinajstić information content (AvgIpc) is 2.73. The first kappa shape index (κ1) is 26.1. The molecule has 1 aliphatic rings. The molecule has 1 aromatic heterocycles. The molecule has 1 aromatic rings. The van der Waals surface area contributed by atoms with E-state index in [1.54, 1.807) is 6.08 Å². The van der Waals surface area contributed by atoms with Crippen LogP contribution in [0.25, 0.3) is 12.7 Å². The molecule has 0 radical (unpaired) electrons. The maximum atomic E-state index is 12.4. The predicted octanol–water partition coefficient (Wildman–Crippen LogP) is 1.13. The second-order valence-electron chi connectivity index (χ2n) is 8.35. The molecule has 0 spiro atoms. The van der Waals surface area contributed by atoms with Gasteiger partial charge in [-0.1, -0.05) is 43.5 Å². The third kappa shape index (κ3) is 8.78. The van der Waals surface area contributed by atoms with Crippen molar-refractivity contribution in [3.05, 3.63) is 53.4 Å². The second-order valence-corrected chi connectivity index (χ2v) is 9.80. The highest BCUT2D eigenvalue weighted by Gasteiger charge is 2.22. The van der Waals surface area contributed by atoms with Gasteiger partial charge < -0.3 is 10.2 Å². The third-order valence-electron chi connectivity index (χ3n) is 5.01. The summed E-state index contributed by atoms with van der Waals surface area (Å²) in [4.78, 5) is 14.0. The van der Waals surface area contributed by atoms with E-state index in [2.05, 4.69) is 53.9 Å². The Hall–Kier alpha value is -2.13. The molecule has 1 unspecified atom stereocenters. The van der Waals surface area contributed by atoms with Gasteiger partial charge >= 0.3 is 0 Å². The lowest BCUT2D eigenvalue weighted by molar-refractivity contribution is 0.182. The summed E-state index contributed by atoms with van der Waals surface area (Å²) < 4.78 is 14.4. The maximum Gasteiger partial charge on any atom is 0.145 e. The minimum absolute atomic E-state index is 0.537. The quantitative estimate of drug-likeness (QED) is 0.288. The average molecular weight is 459 g/mol. The lowest BCUT2D eigenvalue weighted by Gasteiger charge is -2.33. The fourth-order valence-corrected chi connectivity index (χ4v) is 4.55. The lowest BCUT2D eigenvalue weighted by Crippen LogP contribution is -2.47. The molecule has 8 heteroatoms. The minimum atomic E-state index is -0.986. The Morgan fingerprint density at radius 1 is 1.22 bits per heavy atom. The molecule has 176 valence electrons. The molecule has 0 aliphatic carbocycles. The molecule has 0 aromatic carbocycles. The van der Waals surface area contributed by atoms with Crippen LogP contribution in [0.5, 0.6) is 0 Å². The van der Waals surface area contributed by atoms with Gasteiger partial charge in [-0.05, 0) is 40.1 Å². The Bertz CT molecular complexity index is 935. The van der Waals surface area contributed by atoms with Gasteiger partial charge in [0.05, 0.1) is 28.6 Å². The van der Waals surface area contributed by atoms with Crippen LogP contribution >= 0.6 is 0 Å². The first-order chi connectivity index (χ1) is 15.3. The smallest absolute Gasteiger partial charge is 0.145 e.